The van der Waals surface area contributed by atoms with Crippen molar-refractivity contribution in [3.8, 4) is 5.75 Å². The SMILES string of the molecule is CC(=O)c1cccc(OC(C)C(=O)N2CCCSCC2)c1. The molecule has 1 aromatic carbocycles. The van der Waals surface area contributed by atoms with E-state index in [0.717, 1.165) is 31.0 Å². The predicted octanol–water partition coefficient (Wildman–Crippen LogP) is 2.62. The molecular weight excluding hydrogens is 286 g/mol. The van der Waals surface area contributed by atoms with Crippen LogP contribution in [0.25, 0.3) is 0 Å². The van der Waals surface area contributed by atoms with Crippen LogP contribution in [0.2, 0.25) is 0 Å². The molecule has 0 spiro atoms. The molecule has 1 amide bonds. The standard InChI is InChI=1S/C16H21NO3S/c1-12(18)14-5-3-6-15(11-14)20-13(2)16(19)17-7-4-9-21-10-8-17/h3,5-6,11,13H,4,7-10H2,1-2H3. The zero-order chi connectivity index (χ0) is 15.2. The van der Waals surface area contributed by atoms with Crippen molar-refractivity contribution >= 4 is 23.5 Å². The second-order valence-corrected chi connectivity index (χ2v) is 6.36. The van der Waals surface area contributed by atoms with Crippen molar-refractivity contribution in [1.29, 1.82) is 0 Å². The van der Waals surface area contributed by atoms with Crippen molar-refractivity contribution in [2.24, 2.45) is 0 Å². The molecule has 1 atom stereocenters. The summed E-state index contributed by atoms with van der Waals surface area (Å²) in [6.07, 6.45) is 0.499. The summed E-state index contributed by atoms with van der Waals surface area (Å²) in [6.45, 7) is 4.86. The van der Waals surface area contributed by atoms with E-state index in [-0.39, 0.29) is 11.7 Å². The first-order valence-corrected chi connectivity index (χ1v) is 8.37. The smallest absolute Gasteiger partial charge is 0.263 e. The van der Waals surface area contributed by atoms with E-state index in [1.165, 1.54) is 6.92 Å². The van der Waals surface area contributed by atoms with Crippen LogP contribution in [-0.2, 0) is 4.79 Å². The maximum atomic E-state index is 12.4. The van der Waals surface area contributed by atoms with Gasteiger partial charge in [-0.2, -0.15) is 11.8 Å². The van der Waals surface area contributed by atoms with Gasteiger partial charge >= 0.3 is 0 Å². The fraction of sp³-hybridized carbons (Fsp3) is 0.500. The lowest BCUT2D eigenvalue weighted by molar-refractivity contribution is -0.137. The predicted molar refractivity (Wildman–Crippen MR) is 85.1 cm³/mol. The van der Waals surface area contributed by atoms with E-state index in [0.29, 0.717) is 11.3 Å². The molecule has 1 saturated heterocycles. The molecule has 0 aromatic heterocycles. The Labute approximate surface area is 129 Å². The molecule has 1 aliphatic heterocycles. The van der Waals surface area contributed by atoms with E-state index in [9.17, 15) is 9.59 Å². The Balaban J connectivity index is 1.99. The van der Waals surface area contributed by atoms with Gasteiger partial charge in [-0.25, -0.2) is 0 Å². The lowest BCUT2D eigenvalue weighted by atomic mass is 10.1. The van der Waals surface area contributed by atoms with Gasteiger partial charge in [-0.15, -0.1) is 0 Å². The van der Waals surface area contributed by atoms with E-state index in [1.54, 1.807) is 31.2 Å². The zero-order valence-corrected chi connectivity index (χ0v) is 13.3. The van der Waals surface area contributed by atoms with Crippen LogP contribution in [0, 0.1) is 0 Å². The van der Waals surface area contributed by atoms with Gasteiger partial charge in [0.1, 0.15) is 5.75 Å². The Morgan fingerprint density at radius 3 is 2.86 bits per heavy atom. The summed E-state index contributed by atoms with van der Waals surface area (Å²) in [7, 11) is 0. The topological polar surface area (TPSA) is 46.6 Å². The van der Waals surface area contributed by atoms with Crippen LogP contribution in [0.1, 0.15) is 30.6 Å². The average molecular weight is 307 g/mol. The van der Waals surface area contributed by atoms with Crippen molar-refractivity contribution in [2.45, 2.75) is 26.4 Å². The number of ketones is 1. The first kappa shape index (κ1) is 15.9. The molecule has 1 fully saturated rings. The fourth-order valence-electron chi connectivity index (χ4n) is 2.27. The van der Waals surface area contributed by atoms with Crippen LogP contribution in [0.4, 0.5) is 0 Å². The van der Waals surface area contributed by atoms with Crippen molar-refractivity contribution < 1.29 is 14.3 Å². The van der Waals surface area contributed by atoms with Crippen LogP contribution in [-0.4, -0.2) is 47.3 Å². The molecule has 2 rings (SSSR count). The molecule has 1 heterocycles. The van der Waals surface area contributed by atoms with Crippen LogP contribution < -0.4 is 4.74 Å². The highest BCUT2D eigenvalue weighted by molar-refractivity contribution is 7.99. The Morgan fingerprint density at radius 2 is 2.10 bits per heavy atom. The minimum atomic E-state index is -0.532. The summed E-state index contributed by atoms with van der Waals surface area (Å²) in [5.41, 5.74) is 0.596. The molecule has 4 nitrogen and oxygen atoms in total. The summed E-state index contributed by atoms with van der Waals surface area (Å²) >= 11 is 1.89. The Hall–Kier alpha value is -1.49. The van der Waals surface area contributed by atoms with Gasteiger partial charge in [-0.1, -0.05) is 12.1 Å². The van der Waals surface area contributed by atoms with Crippen molar-refractivity contribution in [3.05, 3.63) is 29.8 Å². The third-order valence-electron chi connectivity index (χ3n) is 3.44. The van der Waals surface area contributed by atoms with Crippen molar-refractivity contribution in [1.82, 2.24) is 4.90 Å². The molecule has 1 aliphatic rings. The van der Waals surface area contributed by atoms with Crippen molar-refractivity contribution in [2.75, 3.05) is 24.6 Å². The third-order valence-corrected chi connectivity index (χ3v) is 4.48. The largest absolute Gasteiger partial charge is 0.481 e. The van der Waals surface area contributed by atoms with Gasteiger partial charge < -0.3 is 9.64 Å². The van der Waals surface area contributed by atoms with Crippen LogP contribution in [0.3, 0.4) is 0 Å². The molecule has 5 heteroatoms. The Bertz CT molecular complexity index is 510. The highest BCUT2D eigenvalue weighted by atomic mass is 32.2. The molecule has 0 radical (unpaired) electrons. The minimum absolute atomic E-state index is 0.0102. The number of carbonyl (C=O) groups is 2. The molecule has 1 unspecified atom stereocenters. The molecule has 0 saturated carbocycles. The first-order valence-electron chi connectivity index (χ1n) is 7.22. The lowest BCUT2D eigenvalue weighted by Crippen LogP contribution is -2.41. The van der Waals surface area contributed by atoms with Crippen LogP contribution in [0.15, 0.2) is 24.3 Å². The van der Waals surface area contributed by atoms with Gasteiger partial charge in [-0.3, -0.25) is 9.59 Å². The number of Topliss-reactive ketones (excluding diaryl/α,β-unsaturated/α-hetero) is 1. The van der Waals surface area contributed by atoms with E-state index in [4.69, 9.17) is 4.74 Å². The molecule has 0 bridgehead atoms. The lowest BCUT2D eigenvalue weighted by Gasteiger charge is -2.24. The number of benzene rings is 1. The molecule has 0 aliphatic carbocycles. The maximum absolute atomic E-state index is 12.4. The van der Waals surface area contributed by atoms with Crippen LogP contribution in [0.5, 0.6) is 5.75 Å². The van der Waals surface area contributed by atoms with Gasteiger partial charge in [0.2, 0.25) is 0 Å². The molecule has 114 valence electrons. The summed E-state index contributed by atoms with van der Waals surface area (Å²) < 4.78 is 5.71. The van der Waals surface area contributed by atoms with Gasteiger partial charge in [0.25, 0.3) is 5.91 Å². The third kappa shape index (κ3) is 4.49. The number of ether oxygens (including phenoxy) is 1. The van der Waals surface area contributed by atoms with Gasteiger partial charge in [-0.05, 0) is 38.2 Å². The van der Waals surface area contributed by atoms with Crippen LogP contribution >= 0.6 is 11.8 Å². The number of hydrogen-bond acceptors (Lipinski definition) is 4. The number of thioether (sulfide) groups is 1. The summed E-state index contributed by atoms with van der Waals surface area (Å²) in [6, 6.07) is 6.97. The quantitative estimate of drug-likeness (QED) is 0.802. The first-order chi connectivity index (χ1) is 10.1. The van der Waals surface area contributed by atoms with Gasteiger partial charge in [0.15, 0.2) is 11.9 Å². The molecular formula is C16H21NO3S. The second kappa shape index (κ2) is 7.50. The van der Waals surface area contributed by atoms with Gasteiger partial charge in [0.05, 0.1) is 0 Å². The molecule has 21 heavy (non-hydrogen) atoms. The van der Waals surface area contributed by atoms with Gasteiger partial charge in [0, 0.05) is 24.4 Å². The number of rotatable bonds is 4. The monoisotopic (exact) mass is 307 g/mol. The zero-order valence-electron chi connectivity index (χ0n) is 12.5. The van der Waals surface area contributed by atoms with E-state index in [1.807, 2.05) is 16.7 Å². The Kier molecular flexibility index (Phi) is 5.67. The normalized spacial score (nSPS) is 17.0. The number of nitrogens with zero attached hydrogens (tertiary/aromatic N) is 1. The maximum Gasteiger partial charge on any atom is 0.263 e. The van der Waals surface area contributed by atoms with E-state index in [2.05, 4.69) is 0 Å². The number of carbonyl (C=O) groups excluding carboxylic acids is 2. The second-order valence-electron chi connectivity index (χ2n) is 5.14. The summed E-state index contributed by atoms with van der Waals surface area (Å²) in [5, 5.41) is 0. The highest BCUT2D eigenvalue weighted by Crippen LogP contribution is 2.17. The number of hydrogen-bond donors (Lipinski definition) is 0. The Morgan fingerprint density at radius 1 is 1.29 bits per heavy atom. The summed E-state index contributed by atoms with van der Waals surface area (Å²) in [4.78, 5) is 25.6. The molecule has 0 N–H and O–H groups in total. The average Bonchev–Trinajstić information content (AvgIpc) is 2.75. The van der Waals surface area contributed by atoms with E-state index >= 15 is 0 Å². The van der Waals surface area contributed by atoms with E-state index < -0.39 is 6.10 Å². The number of amides is 1. The highest BCUT2D eigenvalue weighted by Gasteiger charge is 2.23. The van der Waals surface area contributed by atoms with Crippen molar-refractivity contribution in [3.63, 3.8) is 0 Å². The summed E-state index contributed by atoms with van der Waals surface area (Å²) in [5.74, 6) is 2.67. The molecule has 1 aromatic rings. The fourth-order valence-corrected chi connectivity index (χ4v) is 3.15. The minimum Gasteiger partial charge on any atom is -0.481 e.